The average Bonchev–Trinajstić information content (AvgIpc) is 2.55. The molecule has 0 saturated heterocycles. The van der Waals surface area contributed by atoms with Crippen molar-refractivity contribution in [1.82, 2.24) is 0 Å². The van der Waals surface area contributed by atoms with Crippen molar-refractivity contribution in [1.29, 1.82) is 0 Å². The van der Waals surface area contributed by atoms with Crippen LogP contribution in [0.1, 0.15) is 6.92 Å². The number of anilines is 3. The Morgan fingerprint density at radius 3 is 2.11 bits per heavy atom. The summed E-state index contributed by atoms with van der Waals surface area (Å²) in [6.07, 6.45) is 0.941. The zero-order valence-corrected chi connectivity index (χ0v) is 17.9. The zero-order valence-electron chi connectivity index (χ0n) is 14.8. The molecule has 0 aromatic heterocycles. The summed E-state index contributed by atoms with van der Waals surface area (Å²) in [6, 6.07) is 8.99. The minimum Gasteiger partial charge on any atom is -0.326 e. The first-order valence-corrected chi connectivity index (χ1v) is 10.8. The van der Waals surface area contributed by atoms with Crippen LogP contribution >= 0.6 is 34.8 Å². The van der Waals surface area contributed by atoms with Crippen molar-refractivity contribution in [3.05, 3.63) is 51.5 Å². The van der Waals surface area contributed by atoms with E-state index in [9.17, 15) is 18.0 Å². The molecule has 0 atom stereocenters. The Morgan fingerprint density at radius 1 is 0.964 bits per heavy atom. The van der Waals surface area contributed by atoms with Crippen molar-refractivity contribution < 1.29 is 18.0 Å². The maximum absolute atomic E-state index is 12.4. The molecule has 0 aliphatic rings. The lowest BCUT2D eigenvalue weighted by Crippen LogP contribution is -2.37. The van der Waals surface area contributed by atoms with Gasteiger partial charge < -0.3 is 10.6 Å². The molecule has 0 saturated carbocycles. The number of halogens is 3. The summed E-state index contributed by atoms with van der Waals surface area (Å²) < 4.78 is 25.2. The van der Waals surface area contributed by atoms with Crippen LogP contribution in [0.4, 0.5) is 17.1 Å². The molecule has 28 heavy (non-hydrogen) atoms. The van der Waals surface area contributed by atoms with E-state index in [2.05, 4.69) is 10.6 Å². The second-order valence-corrected chi connectivity index (χ2v) is 8.93. The second kappa shape index (κ2) is 9.00. The van der Waals surface area contributed by atoms with Crippen LogP contribution in [0.5, 0.6) is 0 Å². The summed E-state index contributed by atoms with van der Waals surface area (Å²) in [5.41, 5.74) is 0.892. The van der Waals surface area contributed by atoms with Crippen LogP contribution in [0.25, 0.3) is 0 Å². The molecule has 0 aliphatic carbocycles. The van der Waals surface area contributed by atoms with Crippen LogP contribution in [-0.2, 0) is 19.6 Å². The van der Waals surface area contributed by atoms with E-state index >= 15 is 0 Å². The number of nitrogens with zero attached hydrogens (tertiary/aromatic N) is 1. The molecular formula is C17H16Cl3N3O4S. The zero-order chi connectivity index (χ0) is 21.1. The van der Waals surface area contributed by atoms with Gasteiger partial charge >= 0.3 is 0 Å². The van der Waals surface area contributed by atoms with Gasteiger partial charge in [0, 0.05) is 18.3 Å². The highest BCUT2D eigenvalue weighted by atomic mass is 35.5. The fourth-order valence-electron chi connectivity index (χ4n) is 2.29. The number of sulfonamides is 1. The van der Waals surface area contributed by atoms with Crippen molar-refractivity contribution in [2.24, 2.45) is 0 Å². The minimum atomic E-state index is -3.85. The van der Waals surface area contributed by atoms with E-state index in [1.54, 1.807) is 18.2 Å². The standard InChI is InChI=1S/C17H16Cl3N3O4S/c1-10(24)21-11-4-3-5-12(6-11)22-17(25)9-23(28(2,26)27)16-8-14(19)13(18)7-15(16)20/h3-8H,9H2,1-2H3,(H,21,24)(H,22,25). The highest BCUT2D eigenvalue weighted by Crippen LogP contribution is 2.35. The Morgan fingerprint density at radius 2 is 1.54 bits per heavy atom. The Labute approximate surface area is 177 Å². The van der Waals surface area contributed by atoms with Crippen LogP contribution in [0, 0.1) is 0 Å². The molecule has 11 heteroatoms. The predicted molar refractivity (Wildman–Crippen MR) is 113 cm³/mol. The van der Waals surface area contributed by atoms with Gasteiger partial charge in [-0.05, 0) is 30.3 Å². The van der Waals surface area contributed by atoms with Crippen molar-refractivity contribution in [3.63, 3.8) is 0 Å². The molecule has 0 aliphatic heterocycles. The van der Waals surface area contributed by atoms with Crippen molar-refractivity contribution >= 4 is 73.7 Å². The quantitative estimate of drug-likeness (QED) is 0.631. The third-order valence-corrected chi connectivity index (χ3v) is 5.56. The van der Waals surface area contributed by atoms with Gasteiger partial charge in [0.05, 0.1) is 27.0 Å². The monoisotopic (exact) mass is 463 g/mol. The van der Waals surface area contributed by atoms with E-state index in [1.165, 1.54) is 25.1 Å². The Balaban J connectivity index is 2.26. The molecule has 150 valence electrons. The number of carbonyl (C=O) groups excluding carboxylic acids is 2. The molecule has 0 spiro atoms. The summed E-state index contributed by atoms with van der Waals surface area (Å²) in [4.78, 5) is 23.6. The second-order valence-electron chi connectivity index (χ2n) is 5.80. The van der Waals surface area contributed by atoms with Crippen LogP contribution < -0.4 is 14.9 Å². The molecule has 2 rings (SSSR count). The van der Waals surface area contributed by atoms with E-state index < -0.39 is 22.5 Å². The molecule has 7 nitrogen and oxygen atoms in total. The van der Waals surface area contributed by atoms with Gasteiger partial charge in [0.2, 0.25) is 21.8 Å². The Bertz CT molecular complexity index is 1030. The van der Waals surface area contributed by atoms with Gasteiger partial charge in [-0.2, -0.15) is 0 Å². The summed E-state index contributed by atoms with van der Waals surface area (Å²) in [7, 11) is -3.85. The van der Waals surface area contributed by atoms with Gasteiger partial charge in [-0.1, -0.05) is 40.9 Å². The summed E-state index contributed by atoms with van der Waals surface area (Å²) in [6.45, 7) is 0.817. The normalized spacial score (nSPS) is 11.0. The van der Waals surface area contributed by atoms with Crippen molar-refractivity contribution in [2.75, 3.05) is 27.7 Å². The van der Waals surface area contributed by atoms with E-state index in [1.807, 2.05) is 0 Å². The van der Waals surface area contributed by atoms with E-state index in [0.29, 0.717) is 11.4 Å². The van der Waals surface area contributed by atoms with Gasteiger partial charge in [-0.15, -0.1) is 0 Å². The predicted octanol–water partition coefficient (Wildman–Crippen LogP) is 4.01. The first-order valence-electron chi connectivity index (χ1n) is 7.77. The molecule has 2 N–H and O–H groups in total. The largest absolute Gasteiger partial charge is 0.326 e. The maximum atomic E-state index is 12.4. The third kappa shape index (κ3) is 6.00. The lowest BCUT2D eigenvalue weighted by molar-refractivity contribution is -0.115. The van der Waals surface area contributed by atoms with Gasteiger partial charge in [0.1, 0.15) is 6.54 Å². The van der Waals surface area contributed by atoms with E-state index in [4.69, 9.17) is 34.8 Å². The maximum Gasteiger partial charge on any atom is 0.245 e. The summed E-state index contributed by atoms with van der Waals surface area (Å²) in [5, 5.41) is 5.44. The Kier molecular flexibility index (Phi) is 7.16. The van der Waals surface area contributed by atoms with Crippen LogP contribution in [0.15, 0.2) is 36.4 Å². The van der Waals surface area contributed by atoms with Gasteiger partial charge in [-0.3, -0.25) is 13.9 Å². The molecule has 0 unspecified atom stereocenters. The molecule has 2 amide bonds. The fourth-order valence-corrected chi connectivity index (χ4v) is 3.85. The average molecular weight is 465 g/mol. The first-order chi connectivity index (χ1) is 13.0. The lowest BCUT2D eigenvalue weighted by Gasteiger charge is -2.23. The number of rotatable bonds is 6. The topological polar surface area (TPSA) is 95.6 Å². The fraction of sp³-hybridized carbons (Fsp3) is 0.176. The van der Waals surface area contributed by atoms with Crippen LogP contribution in [0.3, 0.4) is 0 Å². The SMILES string of the molecule is CC(=O)Nc1cccc(NC(=O)CN(c2cc(Cl)c(Cl)cc2Cl)S(C)(=O)=O)c1. The molecule has 0 fully saturated rings. The number of hydrogen-bond acceptors (Lipinski definition) is 4. The van der Waals surface area contributed by atoms with Gasteiger partial charge in [0.25, 0.3) is 0 Å². The number of nitrogens with one attached hydrogen (secondary N) is 2. The first kappa shape index (κ1) is 22.3. The number of benzene rings is 2. The smallest absolute Gasteiger partial charge is 0.245 e. The molecular weight excluding hydrogens is 449 g/mol. The molecule has 0 radical (unpaired) electrons. The summed E-state index contributed by atoms with van der Waals surface area (Å²) >= 11 is 17.9. The van der Waals surface area contributed by atoms with Crippen molar-refractivity contribution in [3.8, 4) is 0 Å². The van der Waals surface area contributed by atoms with E-state index in [-0.39, 0.29) is 26.7 Å². The van der Waals surface area contributed by atoms with Crippen LogP contribution in [-0.4, -0.2) is 33.0 Å². The minimum absolute atomic E-state index is 0.0280. The van der Waals surface area contributed by atoms with E-state index in [0.717, 1.165) is 10.6 Å². The van der Waals surface area contributed by atoms with Gasteiger partial charge in [-0.25, -0.2) is 8.42 Å². The van der Waals surface area contributed by atoms with Gasteiger partial charge in [0.15, 0.2) is 0 Å². The lowest BCUT2D eigenvalue weighted by atomic mass is 10.2. The molecule has 0 bridgehead atoms. The molecule has 0 heterocycles. The summed E-state index contributed by atoms with van der Waals surface area (Å²) in [5.74, 6) is -0.881. The third-order valence-electron chi connectivity index (χ3n) is 3.41. The highest BCUT2D eigenvalue weighted by Gasteiger charge is 2.24. The molecule has 2 aromatic rings. The molecule has 2 aromatic carbocycles. The highest BCUT2D eigenvalue weighted by molar-refractivity contribution is 7.92. The number of carbonyl (C=O) groups is 2. The number of hydrogen-bond donors (Lipinski definition) is 2. The van der Waals surface area contributed by atoms with Crippen LogP contribution in [0.2, 0.25) is 15.1 Å². The number of amides is 2. The Hall–Kier alpha value is -2.00. The van der Waals surface area contributed by atoms with Crippen molar-refractivity contribution in [2.45, 2.75) is 6.92 Å².